The van der Waals surface area contributed by atoms with Crippen LogP contribution in [-0.4, -0.2) is 64.3 Å². The van der Waals surface area contributed by atoms with Gasteiger partial charge in [0.25, 0.3) is 5.91 Å². The monoisotopic (exact) mass is 380 g/mol. The topological polar surface area (TPSA) is 85.2 Å². The largest absolute Gasteiger partial charge is 0.497 e. The second-order valence-corrected chi connectivity index (χ2v) is 7.07. The molecule has 3 aromatic rings. The molecule has 1 N–H and O–H groups in total. The average molecular weight is 380 g/mol. The molecule has 4 rings (SSSR count). The molecule has 1 aliphatic heterocycles. The number of benzene rings is 1. The third kappa shape index (κ3) is 3.68. The van der Waals surface area contributed by atoms with E-state index in [2.05, 4.69) is 27.2 Å². The number of fused-ring (bicyclic) bond motifs is 1. The van der Waals surface area contributed by atoms with Gasteiger partial charge in [0.2, 0.25) is 0 Å². The second kappa shape index (κ2) is 7.93. The SMILES string of the molecule is COc1cccc(C(=O)NCCn2nc([C@@H]3CCN(C)C3)c3nccnc32)c1. The molecule has 1 aliphatic rings. The summed E-state index contributed by atoms with van der Waals surface area (Å²) in [6, 6.07) is 7.10. The van der Waals surface area contributed by atoms with Crippen LogP contribution in [0.4, 0.5) is 0 Å². The first-order valence-electron chi connectivity index (χ1n) is 9.44. The molecule has 1 saturated heterocycles. The van der Waals surface area contributed by atoms with Crippen LogP contribution in [0.2, 0.25) is 0 Å². The fraction of sp³-hybridized carbons (Fsp3) is 0.400. The quantitative estimate of drug-likeness (QED) is 0.700. The first-order valence-corrected chi connectivity index (χ1v) is 9.44. The minimum atomic E-state index is -0.140. The van der Waals surface area contributed by atoms with E-state index in [-0.39, 0.29) is 5.91 Å². The highest BCUT2D eigenvalue weighted by Crippen LogP contribution is 2.29. The second-order valence-electron chi connectivity index (χ2n) is 7.07. The van der Waals surface area contributed by atoms with E-state index in [4.69, 9.17) is 9.84 Å². The summed E-state index contributed by atoms with van der Waals surface area (Å²) in [4.78, 5) is 23.7. The number of aromatic nitrogens is 4. The van der Waals surface area contributed by atoms with Crippen molar-refractivity contribution in [3.63, 3.8) is 0 Å². The summed E-state index contributed by atoms with van der Waals surface area (Å²) in [7, 11) is 3.71. The highest BCUT2D eigenvalue weighted by Gasteiger charge is 2.27. The number of likely N-dealkylation sites (tertiary alicyclic amines) is 1. The van der Waals surface area contributed by atoms with Crippen LogP contribution in [0.3, 0.4) is 0 Å². The van der Waals surface area contributed by atoms with Gasteiger partial charge in [0.1, 0.15) is 11.3 Å². The Kier molecular flexibility index (Phi) is 5.21. The summed E-state index contributed by atoms with van der Waals surface area (Å²) in [6.07, 6.45) is 4.47. The maximum atomic E-state index is 12.4. The number of hydrogen-bond acceptors (Lipinski definition) is 6. The van der Waals surface area contributed by atoms with Crippen molar-refractivity contribution < 1.29 is 9.53 Å². The standard InChI is InChI=1S/C20H24N6O2/c1-25-10-6-15(13-25)17-18-19(22-8-7-21-18)26(24-17)11-9-23-20(27)14-4-3-5-16(12-14)28-2/h3-5,7-8,12,15H,6,9-11,13H2,1-2H3,(H,23,27)/t15-/m1/s1. The lowest BCUT2D eigenvalue weighted by molar-refractivity contribution is 0.0951. The molecule has 3 heterocycles. The highest BCUT2D eigenvalue weighted by molar-refractivity contribution is 5.94. The molecule has 1 aromatic carbocycles. The van der Waals surface area contributed by atoms with Crippen molar-refractivity contribution in [1.29, 1.82) is 0 Å². The number of likely N-dealkylation sites (N-methyl/N-ethyl adjacent to an activating group) is 1. The number of nitrogens with zero attached hydrogens (tertiary/aromatic N) is 5. The smallest absolute Gasteiger partial charge is 0.251 e. The molecule has 2 aromatic heterocycles. The Morgan fingerprint density at radius 1 is 1.32 bits per heavy atom. The minimum absolute atomic E-state index is 0.140. The Bertz CT molecular complexity index is 986. The lowest BCUT2D eigenvalue weighted by atomic mass is 10.0. The van der Waals surface area contributed by atoms with E-state index >= 15 is 0 Å². The van der Waals surface area contributed by atoms with Gasteiger partial charge in [0.05, 0.1) is 19.3 Å². The van der Waals surface area contributed by atoms with Gasteiger partial charge in [-0.25, -0.2) is 14.6 Å². The summed E-state index contributed by atoms with van der Waals surface area (Å²) in [6.45, 7) is 3.03. The summed E-state index contributed by atoms with van der Waals surface area (Å²) in [5.74, 6) is 0.892. The van der Waals surface area contributed by atoms with Crippen molar-refractivity contribution in [2.75, 3.05) is 33.8 Å². The molecule has 8 heteroatoms. The number of ether oxygens (including phenoxy) is 1. The third-order valence-corrected chi connectivity index (χ3v) is 5.11. The Hall–Kier alpha value is -3.00. The molecular formula is C20H24N6O2. The number of carbonyl (C=O) groups excluding carboxylic acids is 1. The lowest BCUT2D eigenvalue weighted by Crippen LogP contribution is -2.27. The summed E-state index contributed by atoms with van der Waals surface area (Å²) >= 11 is 0. The van der Waals surface area contributed by atoms with E-state index in [1.807, 2.05) is 10.7 Å². The predicted octanol–water partition coefficient (Wildman–Crippen LogP) is 1.68. The van der Waals surface area contributed by atoms with Crippen molar-refractivity contribution in [2.24, 2.45) is 0 Å². The lowest BCUT2D eigenvalue weighted by Gasteiger charge is -2.08. The van der Waals surface area contributed by atoms with Crippen LogP contribution < -0.4 is 10.1 Å². The molecule has 28 heavy (non-hydrogen) atoms. The molecule has 1 amide bonds. The predicted molar refractivity (Wildman–Crippen MR) is 106 cm³/mol. The van der Waals surface area contributed by atoms with Crippen LogP contribution in [0.15, 0.2) is 36.7 Å². The van der Waals surface area contributed by atoms with Gasteiger partial charge >= 0.3 is 0 Å². The van der Waals surface area contributed by atoms with Crippen molar-refractivity contribution in [3.05, 3.63) is 47.9 Å². The Morgan fingerprint density at radius 2 is 2.18 bits per heavy atom. The zero-order valence-corrected chi connectivity index (χ0v) is 16.1. The van der Waals surface area contributed by atoms with Crippen molar-refractivity contribution in [2.45, 2.75) is 18.9 Å². The normalized spacial score (nSPS) is 17.1. The zero-order valence-electron chi connectivity index (χ0n) is 16.1. The molecule has 0 saturated carbocycles. The number of rotatable bonds is 6. The maximum Gasteiger partial charge on any atom is 0.251 e. The molecule has 0 aliphatic carbocycles. The van der Waals surface area contributed by atoms with E-state index in [9.17, 15) is 4.79 Å². The van der Waals surface area contributed by atoms with Crippen molar-refractivity contribution >= 4 is 17.1 Å². The Balaban J connectivity index is 1.47. The molecule has 0 unspecified atom stereocenters. The molecule has 0 bridgehead atoms. The molecule has 0 spiro atoms. The van der Waals surface area contributed by atoms with E-state index in [0.717, 1.165) is 36.4 Å². The van der Waals surface area contributed by atoms with Gasteiger partial charge in [0.15, 0.2) is 5.65 Å². The van der Waals surface area contributed by atoms with Crippen LogP contribution in [0.5, 0.6) is 5.75 Å². The number of carbonyl (C=O) groups is 1. The molecule has 146 valence electrons. The summed E-state index contributed by atoms with van der Waals surface area (Å²) in [5, 5.41) is 7.73. The first-order chi connectivity index (χ1) is 13.7. The zero-order chi connectivity index (χ0) is 19.5. The fourth-order valence-electron chi connectivity index (χ4n) is 3.66. The van der Waals surface area contributed by atoms with E-state index in [1.165, 1.54) is 0 Å². The number of nitrogens with one attached hydrogen (secondary N) is 1. The number of amides is 1. The minimum Gasteiger partial charge on any atom is -0.497 e. The molecule has 1 atom stereocenters. The van der Waals surface area contributed by atoms with Crippen LogP contribution in [0.25, 0.3) is 11.2 Å². The molecule has 1 fully saturated rings. The highest BCUT2D eigenvalue weighted by atomic mass is 16.5. The molecule has 8 nitrogen and oxygen atoms in total. The van der Waals surface area contributed by atoms with Crippen molar-refractivity contribution in [1.82, 2.24) is 30.0 Å². The number of hydrogen-bond donors (Lipinski definition) is 1. The average Bonchev–Trinajstić information content (AvgIpc) is 3.32. The Labute approximate surface area is 163 Å². The van der Waals surface area contributed by atoms with Gasteiger partial charge in [-0.05, 0) is 38.2 Å². The van der Waals surface area contributed by atoms with Gasteiger partial charge in [-0.2, -0.15) is 5.10 Å². The van der Waals surface area contributed by atoms with Crippen LogP contribution in [0, 0.1) is 0 Å². The summed E-state index contributed by atoms with van der Waals surface area (Å²) in [5.41, 5.74) is 3.20. The van der Waals surface area contributed by atoms with Crippen LogP contribution >= 0.6 is 0 Å². The fourth-order valence-corrected chi connectivity index (χ4v) is 3.66. The van der Waals surface area contributed by atoms with Gasteiger partial charge in [-0.3, -0.25) is 4.79 Å². The van der Waals surface area contributed by atoms with E-state index in [0.29, 0.717) is 30.3 Å². The van der Waals surface area contributed by atoms with Gasteiger partial charge in [0, 0.05) is 37.0 Å². The van der Waals surface area contributed by atoms with Gasteiger partial charge < -0.3 is 15.0 Å². The van der Waals surface area contributed by atoms with Gasteiger partial charge in [-0.1, -0.05) is 6.07 Å². The number of methoxy groups -OCH3 is 1. The molecular weight excluding hydrogens is 356 g/mol. The van der Waals surface area contributed by atoms with Gasteiger partial charge in [-0.15, -0.1) is 0 Å². The van der Waals surface area contributed by atoms with Crippen LogP contribution in [-0.2, 0) is 6.54 Å². The Morgan fingerprint density at radius 3 is 2.96 bits per heavy atom. The van der Waals surface area contributed by atoms with Crippen molar-refractivity contribution in [3.8, 4) is 5.75 Å². The third-order valence-electron chi connectivity index (χ3n) is 5.11. The van der Waals surface area contributed by atoms with E-state index in [1.54, 1.807) is 37.7 Å². The maximum absolute atomic E-state index is 12.4. The van der Waals surface area contributed by atoms with Crippen LogP contribution in [0.1, 0.15) is 28.4 Å². The summed E-state index contributed by atoms with van der Waals surface area (Å²) < 4.78 is 7.02. The molecule has 0 radical (unpaired) electrons. The first kappa shape index (κ1) is 18.4. The van der Waals surface area contributed by atoms with E-state index < -0.39 is 0 Å².